The van der Waals surface area contributed by atoms with Crippen molar-refractivity contribution in [1.82, 2.24) is 15.0 Å². The highest BCUT2D eigenvalue weighted by Gasteiger charge is 2.16. The molecular formula is C13H19N3O2S3. The van der Waals surface area contributed by atoms with E-state index in [2.05, 4.69) is 28.9 Å². The Morgan fingerprint density at radius 2 is 2.10 bits per heavy atom. The molecule has 0 aliphatic rings. The van der Waals surface area contributed by atoms with Crippen molar-refractivity contribution in [3.8, 4) is 0 Å². The first-order valence-electron chi connectivity index (χ1n) is 6.66. The number of thiophene rings is 1. The minimum atomic E-state index is -3.43. The third-order valence-electron chi connectivity index (χ3n) is 2.75. The molecule has 8 heteroatoms. The summed E-state index contributed by atoms with van der Waals surface area (Å²) in [5, 5.41) is 3.32. The van der Waals surface area contributed by atoms with Crippen LogP contribution in [-0.2, 0) is 23.0 Å². The van der Waals surface area contributed by atoms with Crippen LogP contribution < -0.4 is 10.0 Å². The summed E-state index contributed by atoms with van der Waals surface area (Å²) >= 11 is 2.76. The molecular weight excluding hydrogens is 326 g/mol. The molecule has 5 nitrogen and oxygen atoms in total. The lowest BCUT2D eigenvalue weighted by Crippen LogP contribution is -2.24. The van der Waals surface area contributed by atoms with E-state index in [9.17, 15) is 8.42 Å². The van der Waals surface area contributed by atoms with Gasteiger partial charge in [0.2, 0.25) is 10.0 Å². The van der Waals surface area contributed by atoms with Gasteiger partial charge in [-0.05, 0) is 18.6 Å². The summed E-state index contributed by atoms with van der Waals surface area (Å²) in [6.45, 7) is 5.32. The molecule has 2 aromatic heterocycles. The zero-order valence-corrected chi connectivity index (χ0v) is 14.4. The summed E-state index contributed by atoms with van der Waals surface area (Å²) in [7, 11) is -3.43. The normalized spacial score (nSPS) is 12.1. The molecule has 2 rings (SSSR count). The quantitative estimate of drug-likeness (QED) is 0.770. The van der Waals surface area contributed by atoms with E-state index in [1.54, 1.807) is 17.8 Å². The van der Waals surface area contributed by atoms with Crippen molar-refractivity contribution >= 4 is 32.7 Å². The average molecular weight is 346 g/mol. The standard InChI is InChI=1S/C13H19N3O2S3/c1-10(2)15-6-5-11-3-4-13(20-11)21(17,18)16-8-12-7-14-9-19-12/h3-4,7,9-10,15-16H,5-6,8H2,1-2H3. The van der Waals surface area contributed by atoms with Crippen molar-refractivity contribution in [2.24, 2.45) is 0 Å². The predicted molar refractivity (Wildman–Crippen MR) is 87.3 cm³/mol. The molecule has 116 valence electrons. The number of rotatable bonds is 8. The van der Waals surface area contributed by atoms with Crippen molar-refractivity contribution in [2.75, 3.05) is 6.54 Å². The fourth-order valence-electron chi connectivity index (χ4n) is 1.69. The Morgan fingerprint density at radius 1 is 1.29 bits per heavy atom. The Balaban J connectivity index is 1.92. The van der Waals surface area contributed by atoms with Gasteiger partial charge >= 0.3 is 0 Å². The van der Waals surface area contributed by atoms with E-state index in [-0.39, 0.29) is 6.54 Å². The minimum absolute atomic E-state index is 0.287. The van der Waals surface area contributed by atoms with Crippen LogP contribution in [0.2, 0.25) is 0 Å². The Bertz CT molecular complexity index is 648. The smallest absolute Gasteiger partial charge is 0.250 e. The van der Waals surface area contributed by atoms with Gasteiger partial charge in [-0.1, -0.05) is 13.8 Å². The first kappa shape index (κ1) is 16.6. The number of aromatic nitrogens is 1. The highest BCUT2D eigenvalue weighted by Crippen LogP contribution is 2.22. The van der Waals surface area contributed by atoms with Gasteiger partial charge in [-0.3, -0.25) is 4.98 Å². The van der Waals surface area contributed by atoms with Crippen molar-refractivity contribution in [3.63, 3.8) is 0 Å². The number of sulfonamides is 1. The van der Waals surface area contributed by atoms with Crippen molar-refractivity contribution in [1.29, 1.82) is 0 Å². The van der Waals surface area contributed by atoms with E-state index in [0.29, 0.717) is 10.3 Å². The highest BCUT2D eigenvalue weighted by atomic mass is 32.2. The van der Waals surface area contributed by atoms with Gasteiger partial charge in [0, 0.05) is 35.1 Å². The Labute approximate surface area is 133 Å². The SMILES string of the molecule is CC(C)NCCc1ccc(S(=O)(=O)NCc2cncs2)s1. The molecule has 0 atom stereocenters. The molecule has 0 aromatic carbocycles. The molecule has 0 radical (unpaired) electrons. The van der Waals surface area contributed by atoms with Crippen LogP contribution >= 0.6 is 22.7 Å². The zero-order chi connectivity index (χ0) is 15.3. The molecule has 0 aliphatic heterocycles. The van der Waals surface area contributed by atoms with Gasteiger partial charge in [-0.25, -0.2) is 13.1 Å². The van der Waals surface area contributed by atoms with E-state index in [4.69, 9.17) is 0 Å². The lowest BCUT2D eigenvalue weighted by atomic mass is 10.3. The minimum Gasteiger partial charge on any atom is -0.314 e. The van der Waals surface area contributed by atoms with Crippen LogP contribution in [0.3, 0.4) is 0 Å². The summed E-state index contributed by atoms with van der Waals surface area (Å²) < 4.78 is 27.4. The predicted octanol–water partition coefficient (Wildman–Crippen LogP) is 2.22. The average Bonchev–Trinajstić information content (AvgIpc) is 3.07. The third kappa shape index (κ3) is 5.15. The Kier molecular flexibility index (Phi) is 5.88. The number of hydrogen-bond donors (Lipinski definition) is 2. The molecule has 0 spiro atoms. The molecule has 0 saturated carbocycles. The molecule has 2 heterocycles. The second-order valence-electron chi connectivity index (χ2n) is 4.87. The number of thiazole rings is 1. The third-order valence-corrected chi connectivity index (χ3v) is 6.56. The van der Waals surface area contributed by atoms with E-state index < -0.39 is 10.0 Å². The maximum absolute atomic E-state index is 12.2. The number of hydrogen-bond acceptors (Lipinski definition) is 6. The van der Waals surface area contributed by atoms with E-state index >= 15 is 0 Å². The lowest BCUT2D eigenvalue weighted by molar-refractivity contribution is 0.584. The van der Waals surface area contributed by atoms with Crippen LogP contribution in [0.5, 0.6) is 0 Å². The summed E-state index contributed by atoms with van der Waals surface area (Å²) in [4.78, 5) is 5.90. The van der Waals surface area contributed by atoms with Crippen LogP contribution in [0.1, 0.15) is 23.6 Å². The van der Waals surface area contributed by atoms with Crippen LogP contribution in [0.4, 0.5) is 0 Å². The second-order valence-corrected chi connectivity index (χ2v) is 9.00. The van der Waals surface area contributed by atoms with Gasteiger partial charge in [0.15, 0.2) is 0 Å². The zero-order valence-electron chi connectivity index (χ0n) is 12.0. The fourth-order valence-corrected chi connectivity index (χ4v) is 4.72. The van der Waals surface area contributed by atoms with Gasteiger partial charge in [-0.15, -0.1) is 22.7 Å². The summed E-state index contributed by atoms with van der Waals surface area (Å²) in [5.74, 6) is 0. The summed E-state index contributed by atoms with van der Waals surface area (Å²) in [6, 6.07) is 3.99. The van der Waals surface area contributed by atoms with E-state index in [1.165, 1.54) is 22.7 Å². The molecule has 2 N–H and O–H groups in total. The van der Waals surface area contributed by atoms with Crippen LogP contribution in [-0.4, -0.2) is 26.0 Å². The van der Waals surface area contributed by atoms with Crippen molar-refractivity contribution < 1.29 is 8.42 Å². The van der Waals surface area contributed by atoms with Crippen LogP contribution in [0.25, 0.3) is 0 Å². The molecule has 0 unspecified atom stereocenters. The van der Waals surface area contributed by atoms with Gasteiger partial charge < -0.3 is 5.32 Å². The Morgan fingerprint density at radius 3 is 2.76 bits per heavy atom. The van der Waals surface area contributed by atoms with Gasteiger partial charge in [0.05, 0.1) is 5.51 Å². The molecule has 0 aliphatic carbocycles. The topological polar surface area (TPSA) is 71.1 Å². The van der Waals surface area contributed by atoms with Crippen LogP contribution in [0.15, 0.2) is 28.0 Å². The maximum Gasteiger partial charge on any atom is 0.250 e. The molecule has 0 amide bonds. The monoisotopic (exact) mass is 345 g/mol. The maximum atomic E-state index is 12.2. The molecule has 0 fully saturated rings. The Hall–Kier alpha value is -0.800. The molecule has 0 saturated heterocycles. The molecule has 21 heavy (non-hydrogen) atoms. The van der Waals surface area contributed by atoms with E-state index in [1.807, 2.05) is 6.07 Å². The van der Waals surface area contributed by atoms with Gasteiger partial charge in [0.1, 0.15) is 4.21 Å². The van der Waals surface area contributed by atoms with Crippen molar-refractivity contribution in [2.45, 2.75) is 37.1 Å². The summed E-state index contributed by atoms with van der Waals surface area (Å²) in [5.41, 5.74) is 1.69. The van der Waals surface area contributed by atoms with Gasteiger partial charge in [-0.2, -0.15) is 0 Å². The number of nitrogens with zero attached hydrogens (tertiary/aromatic N) is 1. The fraction of sp³-hybridized carbons (Fsp3) is 0.462. The van der Waals surface area contributed by atoms with Crippen LogP contribution in [0, 0.1) is 0 Å². The van der Waals surface area contributed by atoms with E-state index in [0.717, 1.165) is 22.7 Å². The molecule has 0 bridgehead atoms. The second kappa shape index (κ2) is 7.46. The molecule has 2 aromatic rings. The highest BCUT2D eigenvalue weighted by molar-refractivity contribution is 7.91. The largest absolute Gasteiger partial charge is 0.314 e. The summed E-state index contributed by atoms with van der Waals surface area (Å²) in [6.07, 6.45) is 2.51. The van der Waals surface area contributed by atoms with Gasteiger partial charge in [0.25, 0.3) is 0 Å². The first-order chi connectivity index (χ1) is 9.97. The first-order valence-corrected chi connectivity index (χ1v) is 9.84. The number of nitrogens with one attached hydrogen (secondary N) is 2. The lowest BCUT2D eigenvalue weighted by Gasteiger charge is -2.06. The van der Waals surface area contributed by atoms with Crippen molar-refractivity contribution in [3.05, 3.63) is 33.6 Å².